The van der Waals surface area contributed by atoms with E-state index in [2.05, 4.69) is 5.32 Å². The molecule has 0 unspecified atom stereocenters. The van der Waals surface area contributed by atoms with Gasteiger partial charge < -0.3 is 16.2 Å². The summed E-state index contributed by atoms with van der Waals surface area (Å²) < 4.78 is 0. The average Bonchev–Trinajstić information content (AvgIpc) is 1.81. The van der Waals surface area contributed by atoms with Gasteiger partial charge in [-0.25, -0.2) is 0 Å². The first kappa shape index (κ1) is 9.23. The van der Waals surface area contributed by atoms with Crippen LogP contribution in [0.5, 0.6) is 0 Å². The van der Waals surface area contributed by atoms with Gasteiger partial charge in [0.2, 0.25) is 0 Å². The quantitative estimate of drug-likeness (QED) is 0.323. The number of guanidine groups is 1. The van der Waals surface area contributed by atoms with Crippen molar-refractivity contribution in [1.29, 1.82) is 5.41 Å². The van der Waals surface area contributed by atoms with Crippen molar-refractivity contribution in [2.24, 2.45) is 5.73 Å². The molecule has 0 radical (unpaired) electrons. The van der Waals surface area contributed by atoms with E-state index in [0.717, 1.165) is 6.42 Å². The molecule has 0 aromatic carbocycles. The lowest BCUT2D eigenvalue weighted by Gasteiger charge is -2.19. The van der Waals surface area contributed by atoms with Crippen LogP contribution in [0.25, 0.3) is 0 Å². The van der Waals surface area contributed by atoms with E-state index >= 15 is 0 Å². The first-order valence-electron chi connectivity index (χ1n) is 3.36. The highest BCUT2D eigenvalue weighted by atomic mass is 16.3. The topological polar surface area (TPSA) is 82.1 Å². The summed E-state index contributed by atoms with van der Waals surface area (Å²) >= 11 is 0. The fourth-order valence-electron chi connectivity index (χ4n) is 0.764. The van der Waals surface area contributed by atoms with Crippen molar-refractivity contribution in [1.82, 2.24) is 5.32 Å². The fraction of sp³-hybridized carbons (Fsp3) is 0.833. The van der Waals surface area contributed by atoms with E-state index in [4.69, 9.17) is 16.2 Å². The number of nitrogens with two attached hydrogens (primary N) is 1. The first-order valence-corrected chi connectivity index (χ1v) is 3.36. The monoisotopic (exact) mass is 145 g/mol. The lowest BCUT2D eigenvalue weighted by molar-refractivity contribution is 0.152. The summed E-state index contributed by atoms with van der Waals surface area (Å²) in [6.07, 6.45) is 0.297. The minimum atomic E-state index is -0.464. The molecule has 0 bridgehead atoms. The molecule has 0 aliphatic carbocycles. The minimum absolute atomic E-state index is 0.0900. The maximum atomic E-state index is 9.05. The molecule has 0 aromatic rings. The van der Waals surface area contributed by atoms with E-state index in [9.17, 15) is 0 Å². The fourth-order valence-corrected chi connectivity index (χ4v) is 0.764. The Balaban J connectivity index is 3.71. The highest BCUT2D eigenvalue weighted by Gasteiger charge is 2.11. The molecule has 0 spiro atoms. The Morgan fingerprint density at radius 2 is 2.30 bits per heavy atom. The second-order valence-electron chi connectivity index (χ2n) is 2.31. The van der Waals surface area contributed by atoms with Gasteiger partial charge in [-0.3, -0.25) is 5.41 Å². The van der Waals surface area contributed by atoms with Crippen molar-refractivity contribution in [3.8, 4) is 0 Å². The zero-order chi connectivity index (χ0) is 8.15. The van der Waals surface area contributed by atoms with Gasteiger partial charge in [-0.05, 0) is 13.3 Å². The zero-order valence-corrected chi connectivity index (χ0v) is 6.39. The van der Waals surface area contributed by atoms with E-state index in [1.165, 1.54) is 0 Å². The van der Waals surface area contributed by atoms with E-state index in [1.54, 1.807) is 6.92 Å². The standard InChI is InChI=1S/C6H15N3O/c1-3-5(4(2)10)9-6(7)8/h4-5,10H,3H2,1-2H3,(H4,7,8,9)/t4-,5+/m1/s1. The van der Waals surface area contributed by atoms with Gasteiger partial charge in [-0.1, -0.05) is 6.92 Å². The van der Waals surface area contributed by atoms with Crippen LogP contribution >= 0.6 is 0 Å². The molecular formula is C6H15N3O. The lowest BCUT2D eigenvalue weighted by Crippen LogP contribution is -2.44. The van der Waals surface area contributed by atoms with E-state index < -0.39 is 6.10 Å². The van der Waals surface area contributed by atoms with Crippen molar-refractivity contribution < 1.29 is 5.11 Å². The summed E-state index contributed by atoms with van der Waals surface area (Å²) in [5.74, 6) is -0.0900. The summed E-state index contributed by atoms with van der Waals surface area (Å²) in [5.41, 5.74) is 5.07. The Hall–Kier alpha value is -0.770. The summed E-state index contributed by atoms with van der Waals surface area (Å²) in [7, 11) is 0. The maximum Gasteiger partial charge on any atom is 0.186 e. The summed E-state index contributed by atoms with van der Waals surface area (Å²) in [6.45, 7) is 3.59. The normalized spacial score (nSPS) is 15.9. The second-order valence-corrected chi connectivity index (χ2v) is 2.31. The molecule has 0 amide bonds. The van der Waals surface area contributed by atoms with Crippen LogP contribution in [0.15, 0.2) is 0 Å². The van der Waals surface area contributed by atoms with Gasteiger partial charge in [0.1, 0.15) is 0 Å². The molecule has 10 heavy (non-hydrogen) atoms. The van der Waals surface area contributed by atoms with Gasteiger partial charge in [0.05, 0.1) is 12.1 Å². The van der Waals surface area contributed by atoms with Crippen LogP contribution in [0.2, 0.25) is 0 Å². The number of hydrogen-bond donors (Lipinski definition) is 4. The Bertz CT molecular complexity index is 114. The molecule has 0 heterocycles. The average molecular weight is 145 g/mol. The molecule has 0 saturated heterocycles. The van der Waals surface area contributed by atoms with Crippen molar-refractivity contribution in [2.75, 3.05) is 0 Å². The number of hydrogen-bond acceptors (Lipinski definition) is 2. The van der Waals surface area contributed by atoms with Gasteiger partial charge in [0.25, 0.3) is 0 Å². The third-order valence-electron chi connectivity index (χ3n) is 1.36. The van der Waals surface area contributed by atoms with Crippen LogP contribution in [-0.4, -0.2) is 23.2 Å². The number of nitrogens with one attached hydrogen (secondary N) is 2. The minimum Gasteiger partial charge on any atom is -0.391 e. The van der Waals surface area contributed by atoms with Crippen LogP contribution in [0.1, 0.15) is 20.3 Å². The molecule has 2 atom stereocenters. The van der Waals surface area contributed by atoms with Crippen LogP contribution in [-0.2, 0) is 0 Å². The van der Waals surface area contributed by atoms with Gasteiger partial charge in [-0.15, -0.1) is 0 Å². The second kappa shape index (κ2) is 4.11. The molecule has 0 rings (SSSR count). The van der Waals surface area contributed by atoms with Crippen LogP contribution in [0, 0.1) is 5.41 Å². The summed E-state index contributed by atoms with van der Waals surface area (Å²) in [5, 5.41) is 18.6. The largest absolute Gasteiger partial charge is 0.391 e. The van der Waals surface area contributed by atoms with Crippen LogP contribution in [0.4, 0.5) is 0 Å². The molecule has 0 fully saturated rings. The molecule has 0 saturated carbocycles. The van der Waals surface area contributed by atoms with Crippen molar-refractivity contribution in [2.45, 2.75) is 32.4 Å². The zero-order valence-electron chi connectivity index (χ0n) is 6.39. The predicted molar refractivity (Wildman–Crippen MR) is 40.8 cm³/mol. The highest BCUT2D eigenvalue weighted by molar-refractivity contribution is 5.74. The number of aliphatic hydroxyl groups excluding tert-OH is 1. The van der Waals surface area contributed by atoms with Crippen molar-refractivity contribution in [3.63, 3.8) is 0 Å². The predicted octanol–water partition coefficient (Wildman–Crippen LogP) is -0.371. The lowest BCUT2D eigenvalue weighted by atomic mass is 10.1. The molecule has 5 N–H and O–H groups in total. The van der Waals surface area contributed by atoms with E-state index in [0.29, 0.717) is 0 Å². The number of aliphatic hydroxyl groups is 1. The van der Waals surface area contributed by atoms with Gasteiger partial charge >= 0.3 is 0 Å². The van der Waals surface area contributed by atoms with Crippen LogP contribution in [0.3, 0.4) is 0 Å². The Kier molecular flexibility index (Phi) is 3.79. The molecule has 4 heteroatoms. The van der Waals surface area contributed by atoms with E-state index in [-0.39, 0.29) is 12.0 Å². The Morgan fingerprint density at radius 1 is 1.80 bits per heavy atom. The van der Waals surface area contributed by atoms with Crippen LogP contribution < -0.4 is 11.1 Å². The Morgan fingerprint density at radius 3 is 2.40 bits per heavy atom. The van der Waals surface area contributed by atoms with Gasteiger partial charge in [0, 0.05) is 0 Å². The van der Waals surface area contributed by atoms with Crippen molar-refractivity contribution >= 4 is 5.96 Å². The smallest absolute Gasteiger partial charge is 0.186 e. The summed E-state index contributed by atoms with van der Waals surface area (Å²) in [4.78, 5) is 0. The first-order chi connectivity index (χ1) is 4.57. The highest BCUT2D eigenvalue weighted by Crippen LogP contribution is 1.95. The third-order valence-corrected chi connectivity index (χ3v) is 1.36. The summed E-state index contributed by atoms with van der Waals surface area (Å²) in [6, 6.07) is -0.0995. The molecule has 60 valence electrons. The molecule has 4 nitrogen and oxygen atoms in total. The van der Waals surface area contributed by atoms with Gasteiger partial charge in [-0.2, -0.15) is 0 Å². The molecule has 0 aliphatic rings. The molecule has 0 aromatic heterocycles. The van der Waals surface area contributed by atoms with Crippen molar-refractivity contribution in [3.05, 3.63) is 0 Å². The molecule has 0 aliphatic heterocycles. The maximum absolute atomic E-state index is 9.05. The third kappa shape index (κ3) is 3.29. The number of rotatable bonds is 3. The SMILES string of the molecule is CC[C@H](NC(=N)N)[C@@H](C)O. The molecular weight excluding hydrogens is 130 g/mol. The van der Waals surface area contributed by atoms with Gasteiger partial charge in [0.15, 0.2) is 5.96 Å². The Labute approximate surface area is 60.9 Å². The van der Waals surface area contributed by atoms with E-state index in [1.807, 2.05) is 6.92 Å².